The van der Waals surface area contributed by atoms with E-state index in [0.717, 1.165) is 8.95 Å². The Morgan fingerprint density at radius 2 is 1.84 bits per heavy atom. The maximum atomic E-state index is 3.68. The van der Waals surface area contributed by atoms with Crippen molar-refractivity contribution in [3.05, 3.63) is 65.6 Å². The van der Waals surface area contributed by atoms with Gasteiger partial charge in [0.2, 0.25) is 0 Å². The van der Waals surface area contributed by atoms with Gasteiger partial charge in [0.05, 0.1) is 6.04 Å². The lowest BCUT2D eigenvalue weighted by atomic mass is 9.98. The highest BCUT2D eigenvalue weighted by Crippen LogP contribution is 2.33. The summed E-state index contributed by atoms with van der Waals surface area (Å²) in [6.07, 6.45) is 0. The highest BCUT2D eigenvalue weighted by atomic mass is 127. The van der Waals surface area contributed by atoms with Crippen LogP contribution in [0.3, 0.4) is 0 Å². The van der Waals surface area contributed by atoms with Crippen LogP contribution in [0.25, 0.3) is 0 Å². The molecule has 1 N–H and O–H groups in total. The monoisotopic (exact) mass is 493 g/mol. The van der Waals surface area contributed by atoms with Gasteiger partial charge in [0.1, 0.15) is 0 Å². The quantitative estimate of drug-likeness (QED) is 0.561. The van der Waals surface area contributed by atoms with Crippen LogP contribution in [0.4, 0.5) is 0 Å². The minimum absolute atomic E-state index is 0.181. The van der Waals surface area contributed by atoms with Crippen molar-refractivity contribution in [1.82, 2.24) is 5.32 Å². The van der Waals surface area contributed by atoms with Crippen LogP contribution in [0, 0.1) is 10.5 Å². The van der Waals surface area contributed by atoms with E-state index in [1.807, 2.05) is 7.05 Å². The summed E-state index contributed by atoms with van der Waals surface area (Å²) >= 11 is 9.64. The van der Waals surface area contributed by atoms with Crippen molar-refractivity contribution in [1.29, 1.82) is 0 Å². The molecule has 0 aliphatic carbocycles. The van der Waals surface area contributed by atoms with E-state index in [4.69, 9.17) is 0 Å². The summed E-state index contributed by atoms with van der Waals surface area (Å²) < 4.78 is 3.51. The summed E-state index contributed by atoms with van der Waals surface area (Å²) in [7, 11) is 1.99. The fourth-order valence-electron chi connectivity index (χ4n) is 2.07. The van der Waals surface area contributed by atoms with E-state index in [1.165, 1.54) is 20.3 Å². The van der Waals surface area contributed by atoms with Crippen molar-refractivity contribution in [2.75, 3.05) is 7.05 Å². The van der Waals surface area contributed by atoms with Gasteiger partial charge in [-0.25, -0.2) is 0 Å². The predicted octanol–water partition coefficient (Wildman–Crippen LogP) is 5.43. The van der Waals surface area contributed by atoms with Gasteiger partial charge in [-0.05, 0) is 77.5 Å². The minimum atomic E-state index is 0.181. The first kappa shape index (κ1) is 15.5. The van der Waals surface area contributed by atoms with E-state index in [1.54, 1.807) is 0 Å². The molecular formula is C15H14Br2IN. The molecule has 0 bridgehead atoms. The zero-order valence-corrected chi connectivity index (χ0v) is 16.0. The summed E-state index contributed by atoms with van der Waals surface area (Å²) in [5.74, 6) is 0. The average molecular weight is 495 g/mol. The van der Waals surface area contributed by atoms with Gasteiger partial charge in [-0.15, -0.1) is 0 Å². The molecule has 0 spiro atoms. The van der Waals surface area contributed by atoms with Crippen LogP contribution in [0.1, 0.15) is 22.7 Å². The van der Waals surface area contributed by atoms with Gasteiger partial charge in [-0.2, -0.15) is 0 Å². The third-order valence-corrected chi connectivity index (χ3v) is 5.27. The van der Waals surface area contributed by atoms with Crippen molar-refractivity contribution in [2.45, 2.75) is 13.0 Å². The minimum Gasteiger partial charge on any atom is -0.309 e. The van der Waals surface area contributed by atoms with Crippen molar-refractivity contribution in [2.24, 2.45) is 0 Å². The molecule has 2 aromatic rings. The highest BCUT2D eigenvalue weighted by Gasteiger charge is 2.16. The van der Waals surface area contributed by atoms with Crippen molar-refractivity contribution in [3.8, 4) is 0 Å². The molecule has 0 amide bonds. The first-order valence-electron chi connectivity index (χ1n) is 5.91. The molecule has 1 nitrogen and oxygen atoms in total. The summed E-state index contributed by atoms with van der Waals surface area (Å²) in [6, 6.07) is 13.1. The number of hydrogen-bond acceptors (Lipinski definition) is 1. The summed E-state index contributed by atoms with van der Waals surface area (Å²) in [5.41, 5.74) is 3.74. The standard InChI is InChI=1S/C15H14Br2IN/c1-9-6-14(17)12(8-13(9)16)15(19-2)10-4-3-5-11(18)7-10/h3-8,15,19H,1-2H3. The Morgan fingerprint density at radius 3 is 2.47 bits per heavy atom. The lowest BCUT2D eigenvalue weighted by Crippen LogP contribution is -2.18. The Labute approximate surface area is 144 Å². The smallest absolute Gasteiger partial charge is 0.0586 e. The van der Waals surface area contributed by atoms with Crippen LogP contribution in [-0.4, -0.2) is 7.05 Å². The van der Waals surface area contributed by atoms with Gasteiger partial charge < -0.3 is 5.32 Å². The predicted molar refractivity (Wildman–Crippen MR) is 96.6 cm³/mol. The highest BCUT2D eigenvalue weighted by molar-refractivity contribution is 14.1. The summed E-state index contributed by atoms with van der Waals surface area (Å²) in [5, 5.41) is 3.40. The lowest BCUT2D eigenvalue weighted by molar-refractivity contribution is 0.688. The molecule has 0 saturated carbocycles. The molecule has 0 aromatic heterocycles. The Balaban J connectivity index is 2.51. The molecule has 1 atom stereocenters. The fourth-order valence-corrected chi connectivity index (χ4v) is 3.69. The Kier molecular flexibility index (Phi) is 5.45. The van der Waals surface area contributed by atoms with Crippen molar-refractivity contribution >= 4 is 54.5 Å². The number of nitrogens with one attached hydrogen (secondary N) is 1. The molecule has 100 valence electrons. The van der Waals surface area contributed by atoms with Crippen LogP contribution in [0.5, 0.6) is 0 Å². The van der Waals surface area contributed by atoms with E-state index in [0.29, 0.717) is 0 Å². The molecule has 0 radical (unpaired) electrons. The maximum Gasteiger partial charge on any atom is 0.0586 e. The zero-order chi connectivity index (χ0) is 14.0. The molecule has 0 saturated heterocycles. The Morgan fingerprint density at radius 1 is 1.11 bits per heavy atom. The van der Waals surface area contributed by atoms with Crippen LogP contribution in [0.2, 0.25) is 0 Å². The van der Waals surface area contributed by atoms with E-state index < -0.39 is 0 Å². The SMILES string of the molecule is CNC(c1cccc(I)c1)c1cc(Br)c(C)cc1Br. The van der Waals surface area contributed by atoms with Crippen LogP contribution >= 0.6 is 54.5 Å². The molecule has 4 heteroatoms. The second kappa shape index (κ2) is 6.70. The molecule has 0 aliphatic heterocycles. The molecule has 0 fully saturated rings. The second-order valence-electron chi connectivity index (χ2n) is 4.40. The van der Waals surface area contributed by atoms with Crippen LogP contribution in [0.15, 0.2) is 45.3 Å². The van der Waals surface area contributed by atoms with E-state index in [2.05, 4.69) is 103 Å². The van der Waals surface area contributed by atoms with E-state index >= 15 is 0 Å². The fraction of sp³-hybridized carbons (Fsp3) is 0.200. The molecule has 19 heavy (non-hydrogen) atoms. The normalized spacial score (nSPS) is 12.5. The van der Waals surface area contributed by atoms with Crippen molar-refractivity contribution in [3.63, 3.8) is 0 Å². The van der Waals surface area contributed by atoms with Gasteiger partial charge in [-0.1, -0.05) is 44.0 Å². The molecule has 1 unspecified atom stereocenters. The largest absolute Gasteiger partial charge is 0.309 e. The lowest BCUT2D eigenvalue weighted by Gasteiger charge is -2.20. The first-order chi connectivity index (χ1) is 9.02. The number of aryl methyl sites for hydroxylation is 1. The second-order valence-corrected chi connectivity index (χ2v) is 7.35. The third kappa shape index (κ3) is 3.60. The van der Waals surface area contributed by atoms with Crippen molar-refractivity contribution < 1.29 is 0 Å². The number of halogens is 3. The molecule has 0 aliphatic rings. The molecule has 2 rings (SSSR count). The Bertz CT molecular complexity index is 599. The zero-order valence-electron chi connectivity index (χ0n) is 10.7. The van der Waals surface area contributed by atoms with Gasteiger partial charge in [0, 0.05) is 12.5 Å². The average Bonchev–Trinajstić information content (AvgIpc) is 2.36. The molecule has 2 aromatic carbocycles. The van der Waals surface area contributed by atoms with Crippen LogP contribution < -0.4 is 5.32 Å². The van der Waals surface area contributed by atoms with E-state index in [-0.39, 0.29) is 6.04 Å². The maximum absolute atomic E-state index is 3.68. The number of rotatable bonds is 3. The van der Waals surface area contributed by atoms with Gasteiger partial charge in [0.25, 0.3) is 0 Å². The third-order valence-electron chi connectivity index (χ3n) is 3.06. The number of hydrogen-bond donors (Lipinski definition) is 1. The van der Waals surface area contributed by atoms with Gasteiger partial charge in [0.15, 0.2) is 0 Å². The van der Waals surface area contributed by atoms with E-state index in [9.17, 15) is 0 Å². The summed E-state index contributed by atoms with van der Waals surface area (Å²) in [6.45, 7) is 2.10. The van der Waals surface area contributed by atoms with Gasteiger partial charge in [-0.3, -0.25) is 0 Å². The Hall–Kier alpha value is 0.0900. The molecular weight excluding hydrogens is 481 g/mol. The number of benzene rings is 2. The van der Waals surface area contributed by atoms with Crippen LogP contribution in [-0.2, 0) is 0 Å². The topological polar surface area (TPSA) is 12.0 Å². The summed E-state index contributed by atoms with van der Waals surface area (Å²) in [4.78, 5) is 0. The first-order valence-corrected chi connectivity index (χ1v) is 8.57. The van der Waals surface area contributed by atoms with Gasteiger partial charge >= 0.3 is 0 Å². The molecule has 0 heterocycles.